The zero-order valence-electron chi connectivity index (χ0n) is 16.6. The minimum Gasteiger partial charge on any atom is -0.489 e. The highest BCUT2D eigenvalue weighted by Crippen LogP contribution is 2.16. The average molecular weight is 388 g/mol. The second-order valence-electron chi connectivity index (χ2n) is 6.75. The molecule has 5 nitrogen and oxygen atoms in total. The maximum atomic E-state index is 11.9. The van der Waals surface area contributed by atoms with Gasteiger partial charge in [0.15, 0.2) is 6.61 Å². The summed E-state index contributed by atoms with van der Waals surface area (Å²) >= 11 is 0. The third kappa shape index (κ3) is 6.81. The molecule has 0 aliphatic carbocycles. The quantitative estimate of drug-likeness (QED) is 0.459. The molecule has 0 saturated heterocycles. The number of amides is 1. The number of ether oxygens (including phenoxy) is 2. The molecule has 5 heteroatoms. The van der Waals surface area contributed by atoms with E-state index in [-0.39, 0.29) is 12.5 Å². The summed E-state index contributed by atoms with van der Waals surface area (Å²) in [5.41, 5.74) is 6.58. The first kappa shape index (κ1) is 20.1. The van der Waals surface area contributed by atoms with Gasteiger partial charge >= 0.3 is 0 Å². The molecule has 0 spiro atoms. The molecule has 0 aromatic heterocycles. The Morgan fingerprint density at radius 2 is 1.66 bits per heavy atom. The molecule has 0 radical (unpaired) electrons. The largest absolute Gasteiger partial charge is 0.489 e. The van der Waals surface area contributed by atoms with Crippen LogP contribution in [0.2, 0.25) is 0 Å². The van der Waals surface area contributed by atoms with E-state index >= 15 is 0 Å². The Kier molecular flexibility index (Phi) is 7.00. The summed E-state index contributed by atoms with van der Waals surface area (Å²) < 4.78 is 11.3. The van der Waals surface area contributed by atoms with E-state index in [1.807, 2.05) is 80.6 Å². The first-order valence-corrected chi connectivity index (χ1v) is 9.38. The molecule has 0 saturated carbocycles. The van der Waals surface area contributed by atoms with Gasteiger partial charge in [0.2, 0.25) is 0 Å². The molecular weight excluding hydrogens is 364 g/mol. The van der Waals surface area contributed by atoms with Gasteiger partial charge in [0.1, 0.15) is 18.1 Å². The summed E-state index contributed by atoms with van der Waals surface area (Å²) in [7, 11) is 0. The Hall–Kier alpha value is -3.60. The van der Waals surface area contributed by atoms with Crippen LogP contribution >= 0.6 is 0 Å². The zero-order chi connectivity index (χ0) is 20.5. The van der Waals surface area contributed by atoms with Crippen LogP contribution in [-0.4, -0.2) is 18.7 Å². The van der Waals surface area contributed by atoms with Gasteiger partial charge in [0, 0.05) is 0 Å². The van der Waals surface area contributed by atoms with Crippen LogP contribution in [0.1, 0.15) is 22.3 Å². The van der Waals surface area contributed by atoms with Crippen molar-refractivity contribution in [3.8, 4) is 11.5 Å². The third-order valence-electron chi connectivity index (χ3n) is 4.07. The number of rotatable bonds is 8. The summed E-state index contributed by atoms with van der Waals surface area (Å²) in [5, 5.41) is 3.99. The van der Waals surface area contributed by atoms with Crippen molar-refractivity contribution in [2.75, 3.05) is 6.61 Å². The first-order valence-electron chi connectivity index (χ1n) is 9.38. The second kappa shape index (κ2) is 10.1. The van der Waals surface area contributed by atoms with E-state index in [0.29, 0.717) is 12.4 Å². The van der Waals surface area contributed by atoms with Gasteiger partial charge in [-0.05, 0) is 60.4 Å². The number of nitrogens with zero attached hydrogens (tertiary/aromatic N) is 1. The van der Waals surface area contributed by atoms with Crippen molar-refractivity contribution in [2.24, 2.45) is 5.10 Å². The van der Waals surface area contributed by atoms with Crippen LogP contribution < -0.4 is 14.9 Å². The molecule has 0 unspecified atom stereocenters. The summed E-state index contributed by atoms with van der Waals surface area (Å²) in [6, 6.07) is 23.3. The molecule has 1 amide bonds. The number of nitrogens with one attached hydrogen (secondary N) is 1. The Bertz CT molecular complexity index is 964. The van der Waals surface area contributed by atoms with Gasteiger partial charge in [-0.25, -0.2) is 5.43 Å². The van der Waals surface area contributed by atoms with E-state index in [0.717, 1.165) is 28.0 Å². The number of hydrogen-bond donors (Lipinski definition) is 1. The standard InChI is InChI=1S/C24H24N2O3/c1-18-11-19(2)13-23(12-18)29-17-24(27)26-25-15-21-9-6-10-22(14-21)28-16-20-7-4-3-5-8-20/h3-15H,16-17H2,1-2H3,(H,26,27)/b25-15-. The molecule has 3 aromatic carbocycles. The zero-order valence-corrected chi connectivity index (χ0v) is 16.6. The topological polar surface area (TPSA) is 59.9 Å². The maximum Gasteiger partial charge on any atom is 0.277 e. The van der Waals surface area contributed by atoms with E-state index in [4.69, 9.17) is 9.47 Å². The van der Waals surface area contributed by atoms with E-state index in [2.05, 4.69) is 16.6 Å². The van der Waals surface area contributed by atoms with Gasteiger partial charge in [-0.2, -0.15) is 5.10 Å². The SMILES string of the molecule is Cc1cc(C)cc(OCC(=O)N/N=C\c2cccc(OCc3ccccc3)c2)c1. The number of carbonyl (C=O) groups is 1. The number of hydrogen-bond acceptors (Lipinski definition) is 4. The fourth-order valence-electron chi connectivity index (χ4n) is 2.80. The summed E-state index contributed by atoms with van der Waals surface area (Å²) in [5.74, 6) is 1.09. The van der Waals surface area contributed by atoms with Crippen LogP contribution in [0.3, 0.4) is 0 Å². The summed E-state index contributed by atoms with van der Waals surface area (Å²) in [6.45, 7) is 4.37. The lowest BCUT2D eigenvalue weighted by atomic mass is 10.1. The Morgan fingerprint density at radius 1 is 0.897 bits per heavy atom. The van der Waals surface area contributed by atoms with Crippen molar-refractivity contribution < 1.29 is 14.3 Å². The van der Waals surface area contributed by atoms with Gasteiger partial charge in [0.25, 0.3) is 5.91 Å². The third-order valence-corrected chi connectivity index (χ3v) is 4.07. The number of hydrazone groups is 1. The minimum atomic E-state index is -0.322. The predicted molar refractivity (Wildman–Crippen MR) is 114 cm³/mol. The molecule has 3 rings (SSSR count). The van der Waals surface area contributed by atoms with Gasteiger partial charge in [-0.15, -0.1) is 0 Å². The maximum absolute atomic E-state index is 11.9. The Labute approximate surface area is 171 Å². The van der Waals surface area contributed by atoms with E-state index in [1.54, 1.807) is 6.21 Å². The fourth-order valence-corrected chi connectivity index (χ4v) is 2.80. The predicted octanol–water partition coefficient (Wildman–Crippen LogP) is 4.41. The average Bonchev–Trinajstić information content (AvgIpc) is 2.71. The van der Waals surface area contributed by atoms with Gasteiger partial charge < -0.3 is 9.47 Å². The van der Waals surface area contributed by atoms with Crippen molar-refractivity contribution in [3.05, 3.63) is 95.1 Å². The van der Waals surface area contributed by atoms with E-state index < -0.39 is 0 Å². The normalized spacial score (nSPS) is 10.7. The summed E-state index contributed by atoms with van der Waals surface area (Å²) in [4.78, 5) is 11.9. The van der Waals surface area contributed by atoms with Crippen molar-refractivity contribution in [1.29, 1.82) is 0 Å². The lowest BCUT2D eigenvalue weighted by Crippen LogP contribution is -2.24. The molecule has 0 fully saturated rings. The fraction of sp³-hybridized carbons (Fsp3) is 0.167. The molecule has 0 bridgehead atoms. The van der Waals surface area contributed by atoms with Gasteiger partial charge in [0.05, 0.1) is 6.21 Å². The van der Waals surface area contributed by atoms with Crippen LogP contribution in [0.4, 0.5) is 0 Å². The molecule has 3 aromatic rings. The van der Waals surface area contributed by atoms with E-state index in [1.165, 1.54) is 0 Å². The molecule has 0 aliphatic rings. The van der Waals surface area contributed by atoms with Crippen LogP contribution in [0, 0.1) is 13.8 Å². The number of aryl methyl sites for hydroxylation is 2. The smallest absolute Gasteiger partial charge is 0.277 e. The Balaban J connectivity index is 1.47. The van der Waals surface area contributed by atoms with Crippen LogP contribution in [-0.2, 0) is 11.4 Å². The van der Waals surface area contributed by atoms with Crippen molar-refractivity contribution in [3.63, 3.8) is 0 Å². The number of carbonyl (C=O) groups excluding carboxylic acids is 1. The van der Waals surface area contributed by atoms with Crippen LogP contribution in [0.5, 0.6) is 11.5 Å². The van der Waals surface area contributed by atoms with E-state index in [9.17, 15) is 4.79 Å². The van der Waals surface area contributed by atoms with Crippen molar-refractivity contribution in [2.45, 2.75) is 20.5 Å². The molecular formula is C24H24N2O3. The van der Waals surface area contributed by atoms with Crippen molar-refractivity contribution in [1.82, 2.24) is 5.43 Å². The number of benzene rings is 3. The first-order chi connectivity index (χ1) is 14.1. The van der Waals surface area contributed by atoms with Crippen LogP contribution in [0.15, 0.2) is 77.9 Å². The molecule has 0 heterocycles. The highest BCUT2D eigenvalue weighted by molar-refractivity contribution is 5.83. The van der Waals surface area contributed by atoms with Gasteiger partial charge in [-0.3, -0.25) is 4.79 Å². The molecule has 0 atom stereocenters. The molecule has 148 valence electrons. The lowest BCUT2D eigenvalue weighted by molar-refractivity contribution is -0.123. The van der Waals surface area contributed by atoms with Crippen molar-refractivity contribution >= 4 is 12.1 Å². The highest BCUT2D eigenvalue weighted by atomic mass is 16.5. The molecule has 29 heavy (non-hydrogen) atoms. The van der Waals surface area contributed by atoms with Crippen LogP contribution in [0.25, 0.3) is 0 Å². The minimum absolute atomic E-state index is 0.0968. The monoisotopic (exact) mass is 388 g/mol. The highest BCUT2D eigenvalue weighted by Gasteiger charge is 2.03. The molecule has 1 N–H and O–H groups in total. The second-order valence-corrected chi connectivity index (χ2v) is 6.75. The van der Waals surface area contributed by atoms with Gasteiger partial charge in [-0.1, -0.05) is 48.5 Å². The summed E-state index contributed by atoms with van der Waals surface area (Å²) in [6.07, 6.45) is 1.57. The lowest BCUT2D eigenvalue weighted by Gasteiger charge is -2.07. The molecule has 0 aliphatic heterocycles. The Morgan fingerprint density at radius 3 is 2.41 bits per heavy atom.